The SMILES string of the molecule is C#N.C=CCCC1CCCCC1CC.CC. The first kappa shape index (κ1) is 17.6. The molecule has 0 aromatic heterocycles. The van der Waals surface area contributed by atoms with Gasteiger partial charge in [-0.15, -0.1) is 6.58 Å². The Labute approximate surface area is 103 Å². The minimum absolute atomic E-state index is 1.02. The summed E-state index contributed by atoms with van der Waals surface area (Å²) in [4.78, 5) is 0. The number of allylic oxidation sites excluding steroid dienone is 1. The lowest BCUT2D eigenvalue weighted by molar-refractivity contribution is 0.219. The fourth-order valence-corrected chi connectivity index (χ4v) is 2.53. The van der Waals surface area contributed by atoms with Gasteiger partial charge in [-0.2, -0.15) is 0 Å². The molecule has 94 valence electrons. The zero-order chi connectivity index (χ0) is 12.8. The molecule has 0 aliphatic heterocycles. The molecule has 1 nitrogen and oxygen atoms in total. The van der Waals surface area contributed by atoms with Crippen molar-refractivity contribution in [3.63, 3.8) is 0 Å². The Morgan fingerprint density at radius 2 is 1.69 bits per heavy atom. The van der Waals surface area contributed by atoms with Crippen LogP contribution < -0.4 is 0 Å². The molecular formula is C15H29N. The zero-order valence-electron chi connectivity index (χ0n) is 11.4. The van der Waals surface area contributed by atoms with E-state index >= 15 is 0 Å². The van der Waals surface area contributed by atoms with Gasteiger partial charge in [0, 0.05) is 6.57 Å². The zero-order valence-corrected chi connectivity index (χ0v) is 11.4. The van der Waals surface area contributed by atoms with Crippen LogP contribution in [0, 0.1) is 23.7 Å². The molecule has 0 heterocycles. The molecule has 0 aromatic rings. The van der Waals surface area contributed by atoms with Crippen molar-refractivity contribution in [2.45, 2.75) is 65.7 Å². The molecule has 0 amide bonds. The Hall–Kier alpha value is -0.770. The highest BCUT2D eigenvalue weighted by atomic mass is 14.3. The highest BCUT2D eigenvalue weighted by Gasteiger charge is 2.22. The predicted octanol–water partition coefficient (Wildman–Crippen LogP) is 5.33. The number of nitriles is 1. The Bertz CT molecular complexity index is 160. The van der Waals surface area contributed by atoms with Gasteiger partial charge in [0.2, 0.25) is 0 Å². The maximum atomic E-state index is 6.50. The van der Waals surface area contributed by atoms with Gasteiger partial charge < -0.3 is 0 Å². The van der Waals surface area contributed by atoms with Gasteiger partial charge in [0.1, 0.15) is 0 Å². The van der Waals surface area contributed by atoms with E-state index in [1.807, 2.05) is 13.8 Å². The molecule has 1 aliphatic carbocycles. The van der Waals surface area contributed by atoms with Crippen molar-refractivity contribution >= 4 is 0 Å². The van der Waals surface area contributed by atoms with Gasteiger partial charge in [0.15, 0.2) is 0 Å². The van der Waals surface area contributed by atoms with E-state index in [0.717, 1.165) is 11.8 Å². The maximum Gasteiger partial charge on any atom is 0.0462 e. The second kappa shape index (κ2) is 14.2. The van der Waals surface area contributed by atoms with E-state index in [4.69, 9.17) is 5.26 Å². The molecule has 1 rings (SSSR count). The minimum atomic E-state index is 1.02. The van der Waals surface area contributed by atoms with Gasteiger partial charge >= 0.3 is 0 Å². The molecule has 16 heavy (non-hydrogen) atoms. The molecular weight excluding hydrogens is 194 g/mol. The Balaban J connectivity index is 0. The summed E-state index contributed by atoms with van der Waals surface area (Å²) in [6.45, 7) is 13.6. The Morgan fingerprint density at radius 1 is 1.19 bits per heavy atom. The summed E-state index contributed by atoms with van der Waals surface area (Å²) in [5.74, 6) is 2.04. The van der Waals surface area contributed by atoms with Crippen LogP contribution in [0.15, 0.2) is 12.7 Å². The van der Waals surface area contributed by atoms with Crippen LogP contribution in [0.1, 0.15) is 65.7 Å². The molecule has 2 unspecified atom stereocenters. The largest absolute Gasteiger partial charge is 0.202 e. The van der Waals surface area contributed by atoms with Gasteiger partial charge in [0.25, 0.3) is 0 Å². The minimum Gasteiger partial charge on any atom is -0.202 e. The summed E-state index contributed by atoms with van der Waals surface area (Å²) >= 11 is 0. The summed E-state index contributed by atoms with van der Waals surface area (Å²) < 4.78 is 0. The Kier molecular flexibility index (Phi) is 15.7. The second-order valence-corrected chi connectivity index (χ2v) is 4.08. The molecule has 0 saturated heterocycles. The van der Waals surface area contributed by atoms with Gasteiger partial charge in [-0.3, -0.25) is 0 Å². The van der Waals surface area contributed by atoms with E-state index < -0.39 is 0 Å². The summed E-state index contributed by atoms with van der Waals surface area (Å²) in [6, 6.07) is 0. The van der Waals surface area contributed by atoms with Crippen LogP contribution >= 0.6 is 0 Å². The van der Waals surface area contributed by atoms with E-state index in [2.05, 4.69) is 26.2 Å². The molecule has 0 N–H and O–H groups in total. The van der Waals surface area contributed by atoms with Crippen LogP contribution in [-0.2, 0) is 0 Å². The highest BCUT2D eigenvalue weighted by Crippen LogP contribution is 2.34. The quantitative estimate of drug-likeness (QED) is 0.590. The second-order valence-electron chi connectivity index (χ2n) is 4.08. The first-order chi connectivity index (χ1) is 7.88. The summed E-state index contributed by atoms with van der Waals surface area (Å²) in [7, 11) is 0. The first-order valence-corrected chi connectivity index (χ1v) is 6.75. The first-order valence-electron chi connectivity index (χ1n) is 6.75. The molecule has 1 saturated carbocycles. The lowest BCUT2D eigenvalue weighted by Gasteiger charge is -2.30. The molecule has 1 heteroatoms. The monoisotopic (exact) mass is 223 g/mol. The summed E-state index contributed by atoms with van der Waals surface area (Å²) in [6.07, 6.45) is 12.0. The molecule has 0 spiro atoms. The Morgan fingerprint density at radius 3 is 2.12 bits per heavy atom. The topological polar surface area (TPSA) is 23.8 Å². The van der Waals surface area contributed by atoms with Gasteiger partial charge in [0.05, 0.1) is 0 Å². The van der Waals surface area contributed by atoms with E-state index in [9.17, 15) is 0 Å². The van der Waals surface area contributed by atoms with Gasteiger partial charge in [-0.05, 0) is 24.7 Å². The molecule has 0 radical (unpaired) electrons. The number of nitrogens with zero attached hydrogens (tertiary/aromatic N) is 1. The average Bonchev–Trinajstić information content (AvgIpc) is 2.41. The molecule has 0 aromatic carbocycles. The standard InChI is InChI=1S/C12H22.C2H6.CHN/c1-3-5-8-12-10-7-6-9-11(12)4-2;2*1-2/h3,11-12H,1,4-10H2,2H3;1-2H3;1H. The van der Waals surface area contributed by atoms with Crippen molar-refractivity contribution in [3.8, 4) is 6.57 Å². The molecule has 1 fully saturated rings. The van der Waals surface area contributed by atoms with Crippen molar-refractivity contribution < 1.29 is 0 Å². The highest BCUT2D eigenvalue weighted by molar-refractivity contribution is 4.77. The van der Waals surface area contributed by atoms with Gasteiger partial charge in [-0.25, -0.2) is 5.26 Å². The van der Waals surface area contributed by atoms with Crippen molar-refractivity contribution in [1.82, 2.24) is 0 Å². The van der Waals surface area contributed by atoms with Crippen LogP contribution in [0.25, 0.3) is 0 Å². The van der Waals surface area contributed by atoms with Crippen LogP contribution in [0.5, 0.6) is 0 Å². The van der Waals surface area contributed by atoms with Crippen LogP contribution in [0.4, 0.5) is 0 Å². The summed E-state index contributed by atoms with van der Waals surface area (Å²) in [5, 5.41) is 6.50. The third kappa shape index (κ3) is 7.51. The number of rotatable bonds is 4. The van der Waals surface area contributed by atoms with Gasteiger partial charge in [-0.1, -0.05) is 59.0 Å². The lowest BCUT2D eigenvalue weighted by Crippen LogP contribution is -2.18. The number of hydrogen-bond acceptors (Lipinski definition) is 1. The van der Waals surface area contributed by atoms with Crippen LogP contribution in [0.2, 0.25) is 0 Å². The summed E-state index contributed by atoms with van der Waals surface area (Å²) in [5.41, 5.74) is 0. The third-order valence-corrected chi connectivity index (χ3v) is 3.33. The smallest absolute Gasteiger partial charge is 0.0462 e. The van der Waals surface area contributed by atoms with Crippen molar-refractivity contribution in [2.75, 3.05) is 0 Å². The van der Waals surface area contributed by atoms with Crippen molar-refractivity contribution in [2.24, 2.45) is 11.8 Å². The van der Waals surface area contributed by atoms with Crippen molar-refractivity contribution in [1.29, 1.82) is 5.26 Å². The maximum absolute atomic E-state index is 6.50. The number of hydrogen-bond donors (Lipinski definition) is 0. The molecule has 1 aliphatic rings. The van der Waals surface area contributed by atoms with Crippen LogP contribution in [0.3, 0.4) is 0 Å². The lowest BCUT2D eigenvalue weighted by atomic mass is 9.76. The van der Waals surface area contributed by atoms with Crippen molar-refractivity contribution in [3.05, 3.63) is 12.7 Å². The van der Waals surface area contributed by atoms with E-state index in [1.54, 1.807) is 0 Å². The van der Waals surface area contributed by atoms with E-state index in [0.29, 0.717) is 0 Å². The third-order valence-electron chi connectivity index (χ3n) is 3.33. The van der Waals surface area contributed by atoms with Crippen LogP contribution in [-0.4, -0.2) is 0 Å². The van der Waals surface area contributed by atoms with E-state index in [-0.39, 0.29) is 0 Å². The molecule has 2 atom stereocenters. The molecule has 0 bridgehead atoms. The van der Waals surface area contributed by atoms with E-state index in [1.165, 1.54) is 44.9 Å². The predicted molar refractivity (Wildman–Crippen MR) is 73.2 cm³/mol. The fourth-order valence-electron chi connectivity index (χ4n) is 2.53. The fraction of sp³-hybridized carbons (Fsp3) is 0.800. The average molecular weight is 223 g/mol. The normalized spacial score (nSPS) is 23.1.